The van der Waals surface area contributed by atoms with Crippen molar-refractivity contribution < 1.29 is 24.2 Å². The van der Waals surface area contributed by atoms with Gasteiger partial charge in [0.15, 0.2) is 0 Å². The molecule has 0 fully saturated rings. The van der Waals surface area contributed by atoms with Crippen LogP contribution < -0.4 is 0 Å². The van der Waals surface area contributed by atoms with Crippen LogP contribution in [0.2, 0.25) is 5.02 Å². The van der Waals surface area contributed by atoms with Gasteiger partial charge in [0.2, 0.25) is 0 Å². The van der Waals surface area contributed by atoms with Gasteiger partial charge < -0.3 is 14.6 Å². The maximum atomic E-state index is 11.8. The van der Waals surface area contributed by atoms with Crippen LogP contribution in [-0.2, 0) is 25.7 Å². The fourth-order valence-electron chi connectivity index (χ4n) is 2.31. The average Bonchev–Trinajstić information content (AvgIpc) is 2.47. The number of esters is 1. The Morgan fingerprint density at radius 1 is 1.24 bits per heavy atom. The summed E-state index contributed by atoms with van der Waals surface area (Å²) in [7, 11) is 0. The van der Waals surface area contributed by atoms with Gasteiger partial charge in [0, 0.05) is 11.6 Å². The van der Waals surface area contributed by atoms with E-state index in [9.17, 15) is 14.7 Å². The molecule has 0 heterocycles. The molecule has 6 heteroatoms. The zero-order valence-corrected chi connectivity index (χ0v) is 15.8. The summed E-state index contributed by atoms with van der Waals surface area (Å²) in [6.45, 7) is 6.29. The first kappa shape index (κ1) is 21.5. The van der Waals surface area contributed by atoms with Crippen molar-refractivity contribution in [2.75, 3.05) is 6.61 Å². The van der Waals surface area contributed by atoms with Crippen molar-refractivity contribution in [3.8, 4) is 0 Å². The van der Waals surface area contributed by atoms with Crippen LogP contribution >= 0.6 is 11.6 Å². The van der Waals surface area contributed by atoms with Crippen molar-refractivity contribution in [3.05, 3.63) is 34.9 Å². The third-order valence-electron chi connectivity index (χ3n) is 3.43. The van der Waals surface area contributed by atoms with Crippen LogP contribution in [0.5, 0.6) is 0 Å². The fraction of sp³-hybridized carbons (Fsp3) is 0.579. The van der Waals surface area contributed by atoms with E-state index in [1.165, 1.54) is 0 Å². The molecule has 25 heavy (non-hydrogen) atoms. The number of carboxylic acid groups (broad SMARTS) is 1. The summed E-state index contributed by atoms with van der Waals surface area (Å²) in [5.41, 5.74) is 0.398. The minimum Gasteiger partial charge on any atom is -0.481 e. The van der Waals surface area contributed by atoms with Crippen LogP contribution in [0.1, 0.15) is 52.0 Å². The number of hydrogen-bond donors (Lipinski definition) is 1. The number of carbonyl (C=O) groups excluding carboxylic acids is 1. The highest BCUT2D eigenvalue weighted by Gasteiger charge is 2.24. The van der Waals surface area contributed by atoms with Crippen LogP contribution in [0, 0.1) is 5.92 Å². The number of unbranched alkanes of at least 4 members (excludes halogenated alkanes) is 1. The maximum Gasteiger partial charge on any atom is 0.307 e. The first-order chi connectivity index (χ1) is 11.7. The van der Waals surface area contributed by atoms with E-state index >= 15 is 0 Å². The topological polar surface area (TPSA) is 72.8 Å². The van der Waals surface area contributed by atoms with Crippen molar-refractivity contribution in [3.63, 3.8) is 0 Å². The summed E-state index contributed by atoms with van der Waals surface area (Å²) in [4.78, 5) is 23.1. The molecule has 1 N–H and O–H groups in total. The van der Waals surface area contributed by atoms with Crippen LogP contribution in [0.4, 0.5) is 0 Å². The molecule has 0 saturated carbocycles. The molecule has 0 saturated heterocycles. The molecule has 0 aliphatic heterocycles. The van der Waals surface area contributed by atoms with E-state index in [1.54, 1.807) is 20.8 Å². The van der Waals surface area contributed by atoms with Crippen LogP contribution in [0.3, 0.4) is 0 Å². The van der Waals surface area contributed by atoms with Crippen molar-refractivity contribution in [1.82, 2.24) is 0 Å². The quantitative estimate of drug-likeness (QED) is 0.486. The smallest absolute Gasteiger partial charge is 0.307 e. The highest BCUT2D eigenvalue weighted by atomic mass is 35.5. The number of carbonyl (C=O) groups is 2. The predicted octanol–water partition coefficient (Wildman–Crippen LogP) is 4.46. The van der Waals surface area contributed by atoms with Crippen molar-refractivity contribution >= 4 is 23.5 Å². The number of benzene rings is 1. The highest BCUT2D eigenvalue weighted by molar-refractivity contribution is 6.30. The fourth-order valence-corrected chi connectivity index (χ4v) is 2.52. The normalized spacial score (nSPS) is 12.6. The Kier molecular flexibility index (Phi) is 8.93. The van der Waals surface area contributed by atoms with E-state index in [2.05, 4.69) is 0 Å². The third-order valence-corrected chi connectivity index (χ3v) is 3.67. The standard InChI is InChI=1S/C19H27ClO5/c1-19(2,3)25-17(21)12-15(18(22)23)8-4-5-10-24-13-14-7-6-9-16(20)11-14/h6-7,9,11,15H,4-5,8,10,12-13H2,1-3H3,(H,22,23)/t15-/m0/s1. The summed E-state index contributed by atoms with van der Waals surface area (Å²) in [6, 6.07) is 7.47. The van der Waals surface area contributed by atoms with Crippen LogP contribution in [0.15, 0.2) is 24.3 Å². The lowest BCUT2D eigenvalue weighted by Crippen LogP contribution is -2.27. The minimum absolute atomic E-state index is 0.101. The van der Waals surface area contributed by atoms with Gasteiger partial charge in [0.1, 0.15) is 5.60 Å². The number of aliphatic carboxylic acids is 1. The number of carboxylic acids is 1. The largest absolute Gasteiger partial charge is 0.481 e. The molecule has 0 radical (unpaired) electrons. The molecule has 1 rings (SSSR count). The Morgan fingerprint density at radius 3 is 2.56 bits per heavy atom. The summed E-state index contributed by atoms with van der Waals surface area (Å²) in [5, 5.41) is 9.92. The predicted molar refractivity (Wildman–Crippen MR) is 96.5 cm³/mol. The molecule has 0 unspecified atom stereocenters. The number of hydrogen-bond acceptors (Lipinski definition) is 4. The van der Waals surface area contributed by atoms with E-state index in [1.807, 2.05) is 24.3 Å². The molecule has 0 bridgehead atoms. The van der Waals surface area contributed by atoms with Crippen molar-refractivity contribution in [1.29, 1.82) is 0 Å². The third kappa shape index (κ3) is 10.1. The zero-order chi connectivity index (χ0) is 18.9. The second-order valence-electron chi connectivity index (χ2n) is 7.00. The molecule has 1 aromatic carbocycles. The van der Waals surface area contributed by atoms with Gasteiger partial charge in [-0.1, -0.05) is 30.2 Å². The van der Waals surface area contributed by atoms with E-state index in [4.69, 9.17) is 21.1 Å². The molecular weight excluding hydrogens is 344 g/mol. The van der Waals surface area contributed by atoms with Crippen LogP contribution in [0.25, 0.3) is 0 Å². The number of ether oxygens (including phenoxy) is 2. The van der Waals surface area contributed by atoms with Gasteiger partial charge in [-0.05, 0) is 51.3 Å². The Labute approximate surface area is 154 Å². The molecule has 0 aliphatic rings. The Morgan fingerprint density at radius 2 is 1.96 bits per heavy atom. The molecule has 1 aromatic rings. The molecule has 5 nitrogen and oxygen atoms in total. The first-order valence-corrected chi connectivity index (χ1v) is 8.82. The Bertz CT molecular complexity index is 565. The number of halogens is 1. The lowest BCUT2D eigenvalue weighted by molar-refractivity contribution is -0.160. The van der Waals surface area contributed by atoms with Crippen molar-refractivity contribution in [2.45, 2.75) is 58.7 Å². The minimum atomic E-state index is -0.967. The lowest BCUT2D eigenvalue weighted by Gasteiger charge is -2.21. The highest BCUT2D eigenvalue weighted by Crippen LogP contribution is 2.17. The molecule has 0 amide bonds. The van der Waals surface area contributed by atoms with Crippen molar-refractivity contribution in [2.24, 2.45) is 5.92 Å². The molecule has 0 aromatic heterocycles. The SMILES string of the molecule is CC(C)(C)OC(=O)C[C@H](CCCCOCc1cccc(Cl)c1)C(=O)O. The monoisotopic (exact) mass is 370 g/mol. The lowest BCUT2D eigenvalue weighted by atomic mass is 9.98. The molecule has 140 valence electrons. The van der Waals surface area contributed by atoms with E-state index in [0.29, 0.717) is 31.1 Å². The molecule has 0 spiro atoms. The van der Waals surface area contributed by atoms with Gasteiger partial charge in [-0.15, -0.1) is 0 Å². The summed E-state index contributed by atoms with van der Waals surface area (Å²) < 4.78 is 10.8. The Hall–Kier alpha value is -1.59. The van der Waals surface area contributed by atoms with Gasteiger partial charge >= 0.3 is 11.9 Å². The molecule has 0 aliphatic carbocycles. The summed E-state index contributed by atoms with van der Waals surface area (Å²) >= 11 is 5.90. The maximum absolute atomic E-state index is 11.8. The van der Waals surface area contributed by atoms with Gasteiger partial charge in [-0.25, -0.2) is 0 Å². The second kappa shape index (κ2) is 10.4. The van der Waals surface area contributed by atoms with Crippen LogP contribution in [-0.4, -0.2) is 29.3 Å². The van der Waals surface area contributed by atoms with Gasteiger partial charge in [-0.3, -0.25) is 9.59 Å². The van der Waals surface area contributed by atoms with Gasteiger partial charge in [-0.2, -0.15) is 0 Å². The molecule has 1 atom stereocenters. The average molecular weight is 371 g/mol. The van der Waals surface area contributed by atoms with E-state index in [-0.39, 0.29) is 6.42 Å². The van der Waals surface area contributed by atoms with Gasteiger partial charge in [0.25, 0.3) is 0 Å². The molecular formula is C19H27ClO5. The summed E-state index contributed by atoms with van der Waals surface area (Å²) in [5.74, 6) is -2.16. The zero-order valence-electron chi connectivity index (χ0n) is 15.1. The second-order valence-corrected chi connectivity index (χ2v) is 7.44. The summed E-state index contributed by atoms with van der Waals surface area (Å²) in [6.07, 6.45) is 1.74. The number of rotatable bonds is 10. The Balaban J connectivity index is 2.24. The van der Waals surface area contributed by atoms with E-state index < -0.39 is 23.5 Å². The first-order valence-electron chi connectivity index (χ1n) is 8.44. The van der Waals surface area contributed by atoms with E-state index in [0.717, 1.165) is 12.0 Å². The van der Waals surface area contributed by atoms with Gasteiger partial charge in [0.05, 0.1) is 18.9 Å².